The van der Waals surface area contributed by atoms with Crippen LogP contribution >= 0.6 is 21.6 Å². The minimum Gasteiger partial charge on any atom is -0.399 e. The van der Waals surface area contributed by atoms with Crippen molar-refractivity contribution in [2.45, 2.75) is 9.79 Å². The zero-order chi connectivity index (χ0) is 22.1. The molecule has 7 heteroatoms. The summed E-state index contributed by atoms with van der Waals surface area (Å²) in [6.45, 7) is 0. The van der Waals surface area contributed by atoms with Crippen molar-refractivity contribution in [3.63, 3.8) is 0 Å². The molecule has 4 N–H and O–H groups in total. The van der Waals surface area contributed by atoms with Gasteiger partial charge in [0.25, 0.3) is 7.90 Å². The highest BCUT2D eigenvalue weighted by molar-refractivity contribution is 9.04. The molecule has 0 aliphatic rings. The van der Waals surface area contributed by atoms with E-state index in [0.29, 0.717) is 21.2 Å². The Morgan fingerprint density at radius 2 is 0.806 bits per heavy atom. The van der Waals surface area contributed by atoms with Crippen molar-refractivity contribution in [3.8, 4) is 11.1 Å². The van der Waals surface area contributed by atoms with Crippen LogP contribution in [0.25, 0.3) is 11.1 Å². The van der Waals surface area contributed by atoms with Gasteiger partial charge in [-0.3, -0.25) is 0 Å². The average Bonchev–Trinajstić information content (AvgIpc) is 2.78. The van der Waals surface area contributed by atoms with Crippen molar-refractivity contribution in [1.82, 2.24) is 0 Å². The summed E-state index contributed by atoms with van der Waals surface area (Å²) in [5.74, 6) is 0. The molecule has 0 heterocycles. The van der Waals surface area contributed by atoms with Crippen LogP contribution in [0.5, 0.6) is 0 Å². The highest BCUT2D eigenvalue weighted by atomic mass is 33.5. The molecule has 0 fully saturated rings. The molecule has 0 aromatic heterocycles. The van der Waals surface area contributed by atoms with Gasteiger partial charge in [-0.1, -0.05) is 60.7 Å². The molecule has 0 amide bonds. The van der Waals surface area contributed by atoms with Crippen LogP contribution in [0, 0.1) is 0 Å². The van der Waals surface area contributed by atoms with Gasteiger partial charge in [0.1, 0.15) is 0 Å². The minimum atomic E-state index is -3.36. The second kappa shape index (κ2) is 10.9. The first-order valence-electron chi connectivity index (χ1n) is 9.37. The van der Waals surface area contributed by atoms with Crippen LogP contribution in [0.4, 0.5) is 11.4 Å². The van der Waals surface area contributed by atoms with Crippen LogP contribution in [0.2, 0.25) is 0 Å². The van der Waals surface area contributed by atoms with E-state index in [1.54, 1.807) is 48.5 Å². The topological polar surface area (TPSA) is 86.2 Å². The highest BCUT2D eigenvalue weighted by Crippen LogP contribution is 2.37. The molecular weight excluding hydrogens is 444 g/mol. The van der Waals surface area contributed by atoms with Crippen LogP contribution < -0.4 is 11.5 Å². The van der Waals surface area contributed by atoms with E-state index in [9.17, 15) is 8.42 Å². The van der Waals surface area contributed by atoms with Gasteiger partial charge in [-0.05, 0) is 59.7 Å². The Hall–Kier alpha value is -2.87. The smallest absolute Gasteiger partial charge is 0.262 e. The third-order valence-corrected chi connectivity index (χ3v) is 8.98. The summed E-state index contributed by atoms with van der Waals surface area (Å²) in [7, 11) is -1.76. The lowest BCUT2D eigenvalue weighted by Crippen LogP contribution is -1.89. The Bertz CT molecular complexity index is 1090. The van der Waals surface area contributed by atoms with Gasteiger partial charge in [0.15, 0.2) is 0 Å². The Balaban J connectivity index is 0.000000194. The fourth-order valence-corrected chi connectivity index (χ4v) is 7.46. The van der Waals surface area contributed by atoms with E-state index < -0.39 is 7.90 Å². The Morgan fingerprint density at radius 1 is 0.484 bits per heavy atom. The summed E-state index contributed by atoms with van der Waals surface area (Å²) in [4.78, 5) is 1.27. The fourth-order valence-electron chi connectivity index (χ4n) is 2.56. The number of nitrogen functional groups attached to an aromatic ring is 2. The molecule has 0 saturated heterocycles. The van der Waals surface area contributed by atoms with Crippen molar-refractivity contribution in [2.24, 2.45) is 0 Å². The average molecular weight is 467 g/mol. The first kappa shape index (κ1) is 22.8. The van der Waals surface area contributed by atoms with E-state index in [-0.39, 0.29) is 0 Å². The molecule has 4 nitrogen and oxygen atoms in total. The SMILES string of the molecule is Nc1ccc(SS(=O)(=O)Sc2ccc(N)cc2)cc1.c1ccc(-c2ccccc2)cc1. The lowest BCUT2D eigenvalue weighted by molar-refractivity contribution is 0.623. The van der Waals surface area contributed by atoms with Gasteiger partial charge in [-0.2, -0.15) is 0 Å². The van der Waals surface area contributed by atoms with Crippen molar-refractivity contribution in [2.75, 3.05) is 11.5 Å². The van der Waals surface area contributed by atoms with E-state index in [0.717, 1.165) is 21.6 Å². The molecule has 4 aromatic rings. The van der Waals surface area contributed by atoms with Crippen molar-refractivity contribution >= 4 is 40.9 Å². The maximum atomic E-state index is 12.0. The van der Waals surface area contributed by atoms with Crippen molar-refractivity contribution in [1.29, 1.82) is 0 Å². The van der Waals surface area contributed by atoms with Gasteiger partial charge in [0, 0.05) is 42.8 Å². The van der Waals surface area contributed by atoms with Crippen LogP contribution in [-0.4, -0.2) is 8.42 Å². The molecule has 4 aromatic carbocycles. The van der Waals surface area contributed by atoms with E-state index in [1.807, 2.05) is 12.1 Å². The molecule has 0 atom stereocenters. The van der Waals surface area contributed by atoms with Crippen LogP contribution in [-0.2, 0) is 7.90 Å². The van der Waals surface area contributed by atoms with Crippen molar-refractivity contribution in [3.05, 3.63) is 109 Å². The van der Waals surface area contributed by atoms with E-state index >= 15 is 0 Å². The quantitative estimate of drug-likeness (QED) is 0.264. The molecule has 31 heavy (non-hydrogen) atoms. The third kappa shape index (κ3) is 7.71. The summed E-state index contributed by atoms with van der Waals surface area (Å²) in [6.07, 6.45) is 0. The number of rotatable bonds is 5. The second-order valence-electron chi connectivity index (χ2n) is 6.45. The van der Waals surface area contributed by atoms with Crippen molar-refractivity contribution < 1.29 is 8.42 Å². The Kier molecular flexibility index (Phi) is 8.06. The highest BCUT2D eigenvalue weighted by Gasteiger charge is 2.15. The normalized spacial score (nSPS) is 10.7. The van der Waals surface area contributed by atoms with E-state index in [2.05, 4.69) is 48.5 Å². The van der Waals surface area contributed by atoms with Gasteiger partial charge < -0.3 is 11.5 Å². The minimum absolute atomic E-state index is 0.605. The van der Waals surface area contributed by atoms with Gasteiger partial charge in [0.2, 0.25) is 0 Å². The summed E-state index contributed by atoms with van der Waals surface area (Å²) >= 11 is 0. The summed E-state index contributed by atoms with van der Waals surface area (Å²) in [5.41, 5.74) is 14.9. The lowest BCUT2D eigenvalue weighted by atomic mass is 10.1. The van der Waals surface area contributed by atoms with Gasteiger partial charge >= 0.3 is 0 Å². The number of nitrogens with two attached hydrogens (primary N) is 2. The molecule has 0 aliphatic heterocycles. The molecule has 0 radical (unpaired) electrons. The molecule has 0 bridgehead atoms. The summed E-state index contributed by atoms with van der Waals surface area (Å²) < 4.78 is 24.0. The number of anilines is 2. The molecule has 158 valence electrons. The Labute approximate surface area is 190 Å². The number of hydrogen-bond donors (Lipinski definition) is 2. The zero-order valence-corrected chi connectivity index (χ0v) is 19.0. The molecule has 0 aliphatic carbocycles. The molecule has 0 saturated carbocycles. The molecule has 0 unspecified atom stereocenters. The molecular formula is C24H22N2O2S3. The Morgan fingerprint density at radius 3 is 1.13 bits per heavy atom. The second-order valence-corrected chi connectivity index (χ2v) is 12.8. The lowest BCUT2D eigenvalue weighted by Gasteiger charge is -2.04. The molecule has 4 rings (SSSR count). The van der Waals surface area contributed by atoms with E-state index in [1.165, 1.54) is 11.1 Å². The molecule has 0 spiro atoms. The zero-order valence-electron chi connectivity index (χ0n) is 16.6. The monoisotopic (exact) mass is 466 g/mol. The first-order chi connectivity index (χ1) is 14.9. The standard InChI is InChI=1S/C12H12N2O2S3.C12H10/c13-9-1-5-11(6-2-9)17-19(15,16)18-12-7-3-10(14)4-8-12;1-3-7-11(8-4-1)12-9-5-2-6-10-12/h1-8H,13-14H2;1-10H. The number of benzene rings is 4. The van der Waals surface area contributed by atoms with Gasteiger partial charge in [-0.15, -0.1) is 0 Å². The van der Waals surface area contributed by atoms with Crippen LogP contribution in [0.3, 0.4) is 0 Å². The summed E-state index contributed by atoms with van der Waals surface area (Å²) in [6, 6.07) is 34.2. The maximum absolute atomic E-state index is 12.0. The van der Waals surface area contributed by atoms with E-state index in [4.69, 9.17) is 11.5 Å². The number of hydrogen-bond acceptors (Lipinski definition) is 6. The third-order valence-electron chi connectivity index (χ3n) is 4.04. The van der Waals surface area contributed by atoms with Crippen LogP contribution in [0.15, 0.2) is 119 Å². The fraction of sp³-hybridized carbons (Fsp3) is 0. The van der Waals surface area contributed by atoms with Gasteiger partial charge in [-0.25, -0.2) is 8.42 Å². The first-order valence-corrected chi connectivity index (χ1v) is 13.5. The van der Waals surface area contributed by atoms with Crippen LogP contribution in [0.1, 0.15) is 0 Å². The maximum Gasteiger partial charge on any atom is 0.262 e. The predicted molar refractivity (Wildman–Crippen MR) is 134 cm³/mol. The largest absolute Gasteiger partial charge is 0.399 e. The van der Waals surface area contributed by atoms with Gasteiger partial charge in [0.05, 0.1) is 0 Å². The summed E-state index contributed by atoms with van der Waals surface area (Å²) in [5, 5.41) is 0. The predicted octanol–water partition coefficient (Wildman–Crippen LogP) is 6.33.